The van der Waals surface area contributed by atoms with Crippen molar-refractivity contribution in [2.45, 2.75) is 12.8 Å². The molecule has 0 bridgehead atoms. The van der Waals surface area contributed by atoms with E-state index in [2.05, 4.69) is 53.1 Å². The van der Waals surface area contributed by atoms with Gasteiger partial charge < -0.3 is 16.7 Å². The summed E-state index contributed by atoms with van der Waals surface area (Å²) in [6, 6.07) is 16.5. The van der Waals surface area contributed by atoms with Crippen molar-refractivity contribution in [3.63, 3.8) is 0 Å². The van der Waals surface area contributed by atoms with Gasteiger partial charge in [0.1, 0.15) is 0 Å². The van der Waals surface area contributed by atoms with Gasteiger partial charge in [0.15, 0.2) is 0 Å². The van der Waals surface area contributed by atoms with Gasteiger partial charge in [0.25, 0.3) is 0 Å². The molecule has 4 rings (SSSR count). The molecule has 0 atom stereocenters. The summed E-state index contributed by atoms with van der Waals surface area (Å²) in [5.41, 5.74) is 2.17. The van der Waals surface area contributed by atoms with Crippen LogP contribution in [-0.2, 0) is 0 Å². The molecule has 1 fully saturated rings. The third kappa shape index (κ3) is 3.94. The largest absolute Gasteiger partial charge is 1.00 e. The summed E-state index contributed by atoms with van der Waals surface area (Å²) in [6.45, 7) is 2.39. The first-order chi connectivity index (χ1) is 9.45. The molecule has 3 aromatic rings. The van der Waals surface area contributed by atoms with Crippen LogP contribution in [0.15, 0.2) is 48.5 Å². The number of fused-ring (bicyclic) bond motifs is 3. The fraction of sp³-hybridized carbons (Fsp3) is 0.235. The molecule has 98 valence electrons. The molecule has 0 spiro atoms. The van der Waals surface area contributed by atoms with Crippen LogP contribution < -0.4 is 61.7 Å². The van der Waals surface area contributed by atoms with Crippen molar-refractivity contribution in [1.29, 1.82) is 0 Å². The second-order valence-corrected chi connectivity index (χ2v) is 4.76. The third-order valence-electron chi connectivity index (χ3n) is 3.39. The standard InChI is InChI=1S/C12H8N.C5H10N.K/c1-3-7-11-9(5-1)10-6-2-4-8-12(10)13-11;1-2-4-6-5-3-1;/h1-8H;1,6H,2-5H2;/q2*-1;+1. The fourth-order valence-corrected chi connectivity index (χ4v) is 2.41. The molecular formula is C17H18KN2-. The Balaban J connectivity index is 0.000000180. The van der Waals surface area contributed by atoms with Crippen molar-refractivity contribution in [3.05, 3.63) is 55.0 Å². The van der Waals surface area contributed by atoms with Gasteiger partial charge in [-0.2, -0.15) is 12.8 Å². The van der Waals surface area contributed by atoms with Crippen molar-refractivity contribution >= 4 is 21.8 Å². The summed E-state index contributed by atoms with van der Waals surface area (Å²) >= 11 is 0. The summed E-state index contributed by atoms with van der Waals surface area (Å²) in [5, 5.41) is 5.75. The SMILES string of the molecule is [CH-]1CCNCC1.[K+].c1ccc2c(c1)[n-]c1ccccc12. The normalized spacial score (nSPS) is 14.4. The van der Waals surface area contributed by atoms with Crippen molar-refractivity contribution in [1.82, 2.24) is 10.3 Å². The summed E-state index contributed by atoms with van der Waals surface area (Å²) < 4.78 is 0. The first-order valence-electron chi connectivity index (χ1n) is 6.88. The zero-order valence-electron chi connectivity index (χ0n) is 12.0. The van der Waals surface area contributed by atoms with Crippen molar-refractivity contribution in [2.75, 3.05) is 13.1 Å². The molecule has 1 aliphatic rings. The van der Waals surface area contributed by atoms with E-state index in [1.807, 2.05) is 12.1 Å². The average molecular weight is 289 g/mol. The van der Waals surface area contributed by atoms with Crippen molar-refractivity contribution < 1.29 is 51.4 Å². The van der Waals surface area contributed by atoms with E-state index in [9.17, 15) is 0 Å². The summed E-state index contributed by atoms with van der Waals surface area (Å²) in [6.07, 6.45) is 4.86. The van der Waals surface area contributed by atoms with Gasteiger partial charge in [-0.25, -0.2) is 0 Å². The van der Waals surface area contributed by atoms with E-state index in [-0.39, 0.29) is 51.4 Å². The van der Waals surface area contributed by atoms with Crippen LogP contribution >= 0.6 is 0 Å². The molecule has 2 aromatic carbocycles. The monoisotopic (exact) mass is 289 g/mol. The maximum atomic E-state index is 4.52. The second kappa shape index (κ2) is 8.32. The quantitative estimate of drug-likeness (QED) is 0.483. The Bertz CT molecular complexity index is 594. The summed E-state index contributed by atoms with van der Waals surface area (Å²) in [7, 11) is 0. The molecule has 2 nitrogen and oxygen atoms in total. The first-order valence-corrected chi connectivity index (χ1v) is 6.88. The number of rotatable bonds is 0. The van der Waals surface area contributed by atoms with E-state index >= 15 is 0 Å². The van der Waals surface area contributed by atoms with Crippen LogP contribution in [0, 0.1) is 6.42 Å². The third-order valence-corrected chi connectivity index (χ3v) is 3.39. The van der Waals surface area contributed by atoms with Gasteiger partial charge in [0, 0.05) is 0 Å². The molecule has 0 saturated carbocycles. The maximum Gasteiger partial charge on any atom is 1.00 e. The number of para-hydroxylation sites is 2. The predicted octanol–water partition coefficient (Wildman–Crippen LogP) is 0.528. The molecule has 20 heavy (non-hydrogen) atoms. The zero-order chi connectivity index (χ0) is 12.9. The van der Waals surface area contributed by atoms with Crippen molar-refractivity contribution in [2.24, 2.45) is 0 Å². The molecule has 0 aliphatic carbocycles. The Kier molecular flexibility index (Phi) is 6.74. The Hall–Kier alpha value is -0.164. The van der Waals surface area contributed by atoms with Gasteiger partial charge in [-0.3, -0.25) is 0 Å². The topological polar surface area (TPSA) is 26.1 Å². The van der Waals surface area contributed by atoms with E-state index in [0.29, 0.717) is 0 Å². The minimum atomic E-state index is 0. The maximum absolute atomic E-state index is 4.52. The van der Waals surface area contributed by atoms with Gasteiger partial charge >= 0.3 is 51.4 Å². The fourth-order valence-electron chi connectivity index (χ4n) is 2.41. The molecule has 0 amide bonds. The van der Waals surface area contributed by atoms with Crippen LogP contribution in [0.4, 0.5) is 0 Å². The molecule has 0 radical (unpaired) electrons. The van der Waals surface area contributed by atoms with Crippen molar-refractivity contribution in [3.8, 4) is 0 Å². The number of hydrogen-bond donors (Lipinski definition) is 1. The van der Waals surface area contributed by atoms with Crippen LogP contribution in [0.2, 0.25) is 0 Å². The smallest absolute Gasteiger partial charge is 0.657 e. The molecule has 0 unspecified atom stereocenters. The minimum absolute atomic E-state index is 0. The molecule has 1 saturated heterocycles. The summed E-state index contributed by atoms with van der Waals surface area (Å²) in [5.74, 6) is 0. The zero-order valence-corrected chi connectivity index (χ0v) is 15.1. The summed E-state index contributed by atoms with van der Waals surface area (Å²) in [4.78, 5) is 4.52. The van der Waals surface area contributed by atoms with Gasteiger partial charge in [-0.15, -0.1) is 11.0 Å². The number of nitrogens with one attached hydrogen (secondary N) is 1. The van der Waals surface area contributed by atoms with E-state index in [4.69, 9.17) is 0 Å². The molecule has 1 N–H and O–H groups in total. The van der Waals surface area contributed by atoms with Crippen LogP contribution in [0.5, 0.6) is 0 Å². The number of piperidine rings is 1. The minimum Gasteiger partial charge on any atom is -0.657 e. The van der Waals surface area contributed by atoms with Gasteiger partial charge in [0.05, 0.1) is 0 Å². The molecule has 3 heteroatoms. The number of hydrogen-bond acceptors (Lipinski definition) is 1. The molecule has 1 aromatic heterocycles. The molecule has 2 heterocycles. The Labute approximate surface area is 162 Å². The van der Waals surface area contributed by atoms with E-state index in [1.54, 1.807) is 0 Å². The van der Waals surface area contributed by atoms with Crippen LogP contribution in [0.25, 0.3) is 21.8 Å². The average Bonchev–Trinajstić information content (AvgIpc) is 2.88. The Morgan fingerprint density at radius 1 is 0.800 bits per heavy atom. The van der Waals surface area contributed by atoms with Crippen LogP contribution in [0.1, 0.15) is 12.8 Å². The molecular weight excluding hydrogens is 271 g/mol. The number of benzene rings is 2. The van der Waals surface area contributed by atoms with E-state index < -0.39 is 0 Å². The second-order valence-electron chi connectivity index (χ2n) is 4.76. The van der Waals surface area contributed by atoms with Gasteiger partial charge in [-0.1, -0.05) is 48.5 Å². The van der Waals surface area contributed by atoms with Crippen LogP contribution in [0.3, 0.4) is 0 Å². The Morgan fingerprint density at radius 3 is 1.70 bits per heavy atom. The van der Waals surface area contributed by atoms with E-state index in [1.165, 1.54) is 36.7 Å². The van der Waals surface area contributed by atoms with Gasteiger partial charge in [-0.05, 0) is 23.9 Å². The molecule has 1 aliphatic heterocycles. The number of nitrogens with zero attached hydrogens (tertiary/aromatic N) is 1. The Morgan fingerprint density at radius 2 is 1.30 bits per heavy atom. The van der Waals surface area contributed by atoms with Gasteiger partial charge in [0.2, 0.25) is 0 Å². The predicted molar refractivity (Wildman–Crippen MR) is 81.2 cm³/mol. The van der Waals surface area contributed by atoms with Crippen LogP contribution in [-0.4, -0.2) is 13.1 Å². The van der Waals surface area contributed by atoms with E-state index in [0.717, 1.165) is 11.0 Å². The number of aromatic nitrogens is 1. The first kappa shape index (κ1) is 16.2.